The van der Waals surface area contributed by atoms with Gasteiger partial charge >= 0.3 is 11.6 Å². The summed E-state index contributed by atoms with van der Waals surface area (Å²) in [4.78, 5) is 32.2. The molecule has 0 aliphatic rings. The second-order valence-corrected chi connectivity index (χ2v) is 3.10. The number of carboxylic acid groups (broad SMARTS) is 1. The van der Waals surface area contributed by atoms with Crippen molar-refractivity contribution in [3.05, 3.63) is 34.4 Å². The lowest BCUT2D eigenvalue weighted by Crippen LogP contribution is -2.25. The number of nitrogens with one attached hydrogen (secondary N) is 1. The van der Waals surface area contributed by atoms with Crippen LogP contribution in [0.15, 0.2) is 27.6 Å². The first-order chi connectivity index (χ1) is 7.59. The molecule has 1 aromatic rings. The summed E-state index contributed by atoms with van der Waals surface area (Å²) in [6.45, 7) is 0.268. The molecule has 1 aromatic heterocycles. The molecular weight excluding hydrogens is 214 g/mol. The van der Waals surface area contributed by atoms with Crippen molar-refractivity contribution in [2.45, 2.75) is 12.8 Å². The number of hydrogen-bond acceptors (Lipinski definition) is 4. The number of carboxylic acids is 1. The number of carbonyl (C=O) groups is 2. The van der Waals surface area contributed by atoms with Gasteiger partial charge in [-0.2, -0.15) is 0 Å². The molecule has 0 aliphatic carbocycles. The van der Waals surface area contributed by atoms with Gasteiger partial charge in [0.1, 0.15) is 6.26 Å². The number of hydrogen-bond donors (Lipinski definition) is 2. The molecule has 6 nitrogen and oxygen atoms in total. The Bertz CT molecular complexity index is 417. The van der Waals surface area contributed by atoms with Crippen molar-refractivity contribution >= 4 is 11.9 Å². The van der Waals surface area contributed by atoms with Gasteiger partial charge in [0.05, 0.1) is 5.56 Å². The van der Waals surface area contributed by atoms with Crippen LogP contribution in [0.25, 0.3) is 0 Å². The van der Waals surface area contributed by atoms with Crippen molar-refractivity contribution in [3.63, 3.8) is 0 Å². The van der Waals surface area contributed by atoms with Crippen LogP contribution in [-0.2, 0) is 4.79 Å². The molecule has 1 amide bonds. The van der Waals surface area contributed by atoms with E-state index in [4.69, 9.17) is 5.11 Å². The predicted octanol–water partition coefficient (Wildman–Crippen LogP) is 0.234. The highest BCUT2D eigenvalue weighted by molar-refractivity contribution is 5.93. The van der Waals surface area contributed by atoms with Gasteiger partial charge in [-0.25, -0.2) is 4.79 Å². The summed E-state index contributed by atoms with van der Waals surface area (Å²) in [7, 11) is 0. The van der Waals surface area contributed by atoms with Gasteiger partial charge in [-0.05, 0) is 12.5 Å². The summed E-state index contributed by atoms with van der Waals surface area (Å²) < 4.78 is 4.51. The predicted molar refractivity (Wildman–Crippen MR) is 54.2 cm³/mol. The molecule has 16 heavy (non-hydrogen) atoms. The van der Waals surface area contributed by atoms with Crippen molar-refractivity contribution < 1.29 is 19.1 Å². The average molecular weight is 225 g/mol. The number of aliphatic carboxylic acids is 1. The van der Waals surface area contributed by atoms with E-state index in [0.29, 0.717) is 6.42 Å². The SMILES string of the molecule is O=C(O)CCCNC(=O)c1ccc(=O)oc1. The molecule has 0 bridgehead atoms. The number of carbonyl (C=O) groups excluding carboxylic acids is 1. The topological polar surface area (TPSA) is 96.6 Å². The van der Waals surface area contributed by atoms with E-state index >= 15 is 0 Å². The molecule has 86 valence electrons. The molecule has 6 heteroatoms. The van der Waals surface area contributed by atoms with Crippen LogP contribution >= 0.6 is 0 Å². The lowest BCUT2D eigenvalue weighted by atomic mass is 10.2. The Labute approximate surface area is 90.9 Å². The standard InChI is InChI=1S/C10H11NO5/c12-8(13)2-1-5-11-10(15)7-3-4-9(14)16-6-7/h3-4,6H,1-2,5H2,(H,11,15)(H,12,13). The van der Waals surface area contributed by atoms with Crippen LogP contribution in [-0.4, -0.2) is 23.5 Å². The molecule has 0 aliphatic heterocycles. The molecule has 0 fully saturated rings. The van der Waals surface area contributed by atoms with Crippen LogP contribution in [0.4, 0.5) is 0 Å². The first-order valence-electron chi connectivity index (χ1n) is 4.68. The van der Waals surface area contributed by atoms with E-state index < -0.39 is 17.5 Å². The van der Waals surface area contributed by atoms with E-state index in [-0.39, 0.29) is 18.5 Å². The van der Waals surface area contributed by atoms with Crippen molar-refractivity contribution in [3.8, 4) is 0 Å². The third-order valence-electron chi connectivity index (χ3n) is 1.82. The lowest BCUT2D eigenvalue weighted by molar-refractivity contribution is -0.137. The molecule has 1 heterocycles. The van der Waals surface area contributed by atoms with Crippen LogP contribution in [0.5, 0.6) is 0 Å². The minimum absolute atomic E-state index is 0.00412. The minimum Gasteiger partial charge on any atom is -0.481 e. The maximum atomic E-state index is 11.4. The summed E-state index contributed by atoms with van der Waals surface area (Å²) in [5, 5.41) is 10.9. The maximum Gasteiger partial charge on any atom is 0.335 e. The van der Waals surface area contributed by atoms with Gasteiger partial charge in [-0.1, -0.05) is 0 Å². The fourth-order valence-corrected chi connectivity index (χ4v) is 1.03. The van der Waals surface area contributed by atoms with Crippen molar-refractivity contribution in [2.75, 3.05) is 6.54 Å². The first kappa shape index (κ1) is 12.0. The molecule has 0 radical (unpaired) electrons. The molecule has 0 atom stereocenters. The quantitative estimate of drug-likeness (QED) is 0.699. The van der Waals surface area contributed by atoms with Gasteiger partial charge < -0.3 is 14.8 Å². The maximum absolute atomic E-state index is 11.4. The Hall–Kier alpha value is -2.11. The smallest absolute Gasteiger partial charge is 0.335 e. The van der Waals surface area contributed by atoms with Crippen LogP contribution < -0.4 is 10.9 Å². The van der Waals surface area contributed by atoms with Crippen LogP contribution in [0, 0.1) is 0 Å². The van der Waals surface area contributed by atoms with Crippen LogP contribution in [0.1, 0.15) is 23.2 Å². The molecule has 2 N–H and O–H groups in total. The summed E-state index contributed by atoms with van der Waals surface area (Å²) in [6, 6.07) is 2.49. The summed E-state index contributed by atoms with van der Waals surface area (Å²) in [5.74, 6) is -1.30. The van der Waals surface area contributed by atoms with Crippen LogP contribution in [0.2, 0.25) is 0 Å². The normalized spacial score (nSPS) is 9.75. The van der Waals surface area contributed by atoms with Crippen LogP contribution in [0.3, 0.4) is 0 Å². The Kier molecular flexibility index (Phi) is 4.26. The monoisotopic (exact) mass is 225 g/mol. The molecule has 0 saturated carbocycles. The lowest BCUT2D eigenvalue weighted by Gasteiger charge is -2.02. The van der Waals surface area contributed by atoms with Gasteiger partial charge in [-0.15, -0.1) is 0 Å². The largest absolute Gasteiger partial charge is 0.481 e. The minimum atomic E-state index is -0.903. The highest BCUT2D eigenvalue weighted by Crippen LogP contribution is 1.95. The van der Waals surface area contributed by atoms with Gasteiger partial charge in [-0.3, -0.25) is 9.59 Å². The van der Waals surface area contributed by atoms with Gasteiger partial charge in [0.2, 0.25) is 0 Å². The molecule has 0 aromatic carbocycles. The zero-order valence-corrected chi connectivity index (χ0v) is 8.43. The van der Waals surface area contributed by atoms with Crippen molar-refractivity contribution in [1.29, 1.82) is 0 Å². The highest BCUT2D eigenvalue weighted by atomic mass is 16.4. The van der Waals surface area contributed by atoms with Crippen molar-refractivity contribution in [1.82, 2.24) is 5.32 Å². The molecule has 0 saturated heterocycles. The Morgan fingerprint density at radius 1 is 1.38 bits per heavy atom. The highest BCUT2D eigenvalue weighted by Gasteiger charge is 2.05. The first-order valence-corrected chi connectivity index (χ1v) is 4.68. The molecular formula is C10H11NO5. The molecule has 0 unspecified atom stereocenters. The van der Waals surface area contributed by atoms with Crippen molar-refractivity contribution in [2.24, 2.45) is 0 Å². The summed E-state index contributed by atoms with van der Waals surface area (Å²) >= 11 is 0. The third-order valence-corrected chi connectivity index (χ3v) is 1.82. The van der Waals surface area contributed by atoms with E-state index in [2.05, 4.69) is 9.73 Å². The van der Waals surface area contributed by atoms with E-state index in [9.17, 15) is 14.4 Å². The zero-order chi connectivity index (χ0) is 12.0. The Morgan fingerprint density at radius 3 is 2.69 bits per heavy atom. The fourth-order valence-electron chi connectivity index (χ4n) is 1.03. The third kappa shape index (κ3) is 3.95. The Morgan fingerprint density at radius 2 is 2.12 bits per heavy atom. The molecule has 0 spiro atoms. The van der Waals surface area contributed by atoms with E-state index in [1.54, 1.807) is 0 Å². The number of amides is 1. The fraction of sp³-hybridized carbons (Fsp3) is 0.300. The van der Waals surface area contributed by atoms with E-state index in [1.165, 1.54) is 6.07 Å². The summed E-state index contributed by atoms with van der Waals surface area (Å²) in [6.07, 6.45) is 1.43. The summed E-state index contributed by atoms with van der Waals surface area (Å²) in [5.41, 5.74) is -0.294. The van der Waals surface area contributed by atoms with Gasteiger partial charge in [0.15, 0.2) is 0 Å². The van der Waals surface area contributed by atoms with E-state index in [0.717, 1.165) is 12.3 Å². The van der Waals surface area contributed by atoms with Gasteiger partial charge in [0.25, 0.3) is 5.91 Å². The second kappa shape index (κ2) is 5.69. The number of rotatable bonds is 5. The zero-order valence-electron chi connectivity index (χ0n) is 8.43. The molecule has 1 rings (SSSR count). The van der Waals surface area contributed by atoms with E-state index in [1.807, 2.05) is 0 Å². The van der Waals surface area contributed by atoms with Gasteiger partial charge in [0, 0.05) is 19.0 Å². The Balaban J connectivity index is 2.38. The average Bonchev–Trinajstić information content (AvgIpc) is 2.25. The second-order valence-electron chi connectivity index (χ2n) is 3.10.